The molecular formula is C21H28N2O. The molecule has 0 bridgehead atoms. The molecule has 1 heterocycles. The van der Waals surface area contributed by atoms with E-state index < -0.39 is 0 Å². The van der Waals surface area contributed by atoms with E-state index in [0.717, 1.165) is 39.1 Å². The van der Waals surface area contributed by atoms with Gasteiger partial charge in [0.2, 0.25) is 0 Å². The molecule has 1 aliphatic heterocycles. The summed E-state index contributed by atoms with van der Waals surface area (Å²) in [5.41, 5.74) is 5.31. The number of β-amino-alcohol motifs (C(OH)–C–C–N with tert-alkyl or cyclic N) is 1. The van der Waals surface area contributed by atoms with Gasteiger partial charge < -0.3 is 10.0 Å². The van der Waals surface area contributed by atoms with E-state index in [-0.39, 0.29) is 6.10 Å². The van der Waals surface area contributed by atoms with Gasteiger partial charge in [-0.2, -0.15) is 0 Å². The van der Waals surface area contributed by atoms with Crippen molar-refractivity contribution >= 4 is 5.69 Å². The smallest absolute Gasteiger partial charge is 0.0707 e. The van der Waals surface area contributed by atoms with Gasteiger partial charge in [-0.25, -0.2) is 0 Å². The summed E-state index contributed by atoms with van der Waals surface area (Å²) in [5, 5.41) is 10.4. The third-order valence-corrected chi connectivity index (χ3v) is 5.07. The van der Waals surface area contributed by atoms with Gasteiger partial charge in [0.05, 0.1) is 6.10 Å². The average Bonchev–Trinajstić information content (AvgIpc) is 2.59. The second-order valence-corrected chi connectivity index (χ2v) is 6.85. The Bertz CT molecular complexity index is 648. The van der Waals surface area contributed by atoms with Gasteiger partial charge in [0, 0.05) is 38.4 Å². The first kappa shape index (κ1) is 17.0. The SMILES string of the molecule is Cc1cccc(N2CCN(CC(O)Cc3ccccc3)CC2)c1C. The fourth-order valence-corrected chi connectivity index (χ4v) is 3.50. The molecule has 1 unspecified atom stereocenters. The zero-order valence-electron chi connectivity index (χ0n) is 14.8. The van der Waals surface area contributed by atoms with Crippen LogP contribution in [0, 0.1) is 13.8 Å². The number of rotatable bonds is 5. The van der Waals surface area contributed by atoms with E-state index in [9.17, 15) is 5.11 Å². The average molecular weight is 324 g/mol. The normalized spacial score (nSPS) is 17.0. The number of hydrogen-bond donors (Lipinski definition) is 1. The van der Waals surface area contributed by atoms with Gasteiger partial charge in [-0.05, 0) is 43.0 Å². The molecule has 0 radical (unpaired) electrons. The minimum Gasteiger partial charge on any atom is -0.391 e. The van der Waals surface area contributed by atoms with Crippen LogP contribution < -0.4 is 4.90 Å². The first-order valence-corrected chi connectivity index (χ1v) is 8.89. The summed E-state index contributed by atoms with van der Waals surface area (Å²) in [6, 6.07) is 16.8. The molecule has 0 saturated carbocycles. The number of piperazine rings is 1. The Kier molecular flexibility index (Phi) is 5.54. The molecule has 0 amide bonds. The molecule has 2 aromatic carbocycles. The van der Waals surface area contributed by atoms with Gasteiger partial charge in [0.15, 0.2) is 0 Å². The van der Waals surface area contributed by atoms with Gasteiger partial charge in [0.1, 0.15) is 0 Å². The highest BCUT2D eigenvalue weighted by molar-refractivity contribution is 5.56. The third-order valence-electron chi connectivity index (χ3n) is 5.07. The number of aliphatic hydroxyl groups excluding tert-OH is 1. The lowest BCUT2D eigenvalue weighted by Gasteiger charge is -2.37. The second-order valence-electron chi connectivity index (χ2n) is 6.85. The van der Waals surface area contributed by atoms with Gasteiger partial charge in [-0.3, -0.25) is 4.90 Å². The molecule has 1 aliphatic rings. The number of aryl methyl sites for hydroxylation is 1. The zero-order chi connectivity index (χ0) is 16.9. The number of anilines is 1. The Labute approximate surface area is 145 Å². The van der Waals surface area contributed by atoms with Crippen LogP contribution in [0.4, 0.5) is 5.69 Å². The number of benzene rings is 2. The molecular weight excluding hydrogens is 296 g/mol. The summed E-state index contributed by atoms with van der Waals surface area (Å²) in [6.07, 6.45) is 0.442. The standard InChI is InChI=1S/C21H28N2O/c1-17-7-6-10-21(18(17)2)23-13-11-22(12-14-23)16-20(24)15-19-8-4-3-5-9-19/h3-10,20,24H,11-16H2,1-2H3. The van der Waals surface area contributed by atoms with Crippen LogP contribution in [0.1, 0.15) is 16.7 Å². The van der Waals surface area contributed by atoms with Gasteiger partial charge >= 0.3 is 0 Å². The fourth-order valence-electron chi connectivity index (χ4n) is 3.50. The number of nitrogens with zero attached hydrogens (tertiary/aromatic N) is 2. The Morgan fingerprint density at radius 2 is 1.62 bits per heavy atom. The maximum Gasteiger partial charge on any atom is 0.0707 e. The summed E-state index contributed by atoms with van der Waals surface area (Å²) in [7, 11) is 0. The lowest BCUT2D eigenvalue weighted by molar-refractivity contribution is 0.109. The number of aliphatic hydroxyl groups is 1. The van der Waals surface area contributed by atoms with Crippen molar-refractivity contribution in [2.45, 2.75) is 26.4 Å². The molecule has 0 aliphatic carbocycles. The molecule has 0 spiro atoms. The molecule has 3 heteroatoms. The largest absolute Gasteiger partial charge is 0.391 e. The topological polar surface area (TPSA) is 26.7 Å². The van der Waals surface area contributed by atoms with Gasteiger partial charge in [0.25, 0.3) is 0 Å². The lowest BCUT2D eigenvalue weighted by atomic mass is 10.1. The van der Waals surface area contributed by atoms with Crippen molar-refractivity contribution in [3.05, 3.63) is 65.2 Å². The first-order chi connectivity index (χ1) is 11.6. The van der Waals surface area contributed by atoms with Gasteiger partial charge in [-0.1, -0.05) is 42.5 Å². The molecule has 24 heavy (non-hydrogen) atoms. The molecule has 3 rings (SSSR count). The van der Waals surface area contributed by atoms with E-state index in [4.69, 9.17) is 0 Å². The first-order valence-electron chi connectivity index (χ1n) is 8.89. The highest BCUT2D eigenvalue weighted by Crippen LogP contribution is 2.23. The highest BCUT2D eigenvalue weighted by Gasteiger charge is 2.20. The van der Waals surface area contributed by atoms with Gasteiger partial charge in [-0.15, -0.1) is 0 Å². The summed E-state index contributed by atoms with van der Waals surface area (Å²) >= 11 is 0. The van der Waals surface area contributed by atoms with Crippen molar-refractivity contribution in [3.8, 4) is 0 Å². The Hall–Kier alpha value is -1.84. The second kappa shape index (κ2) is 7.82. The molecule has 2 aromatic rings. The Morgan fingerprint density at radius 1 is 0.917 bits per heavy atom. The van der Waals surface area contributed by atoms with Crippen LogP contribution >= 0.6 is 0 Å². The van der Waals surface area contributed by atoms with E-state index in [1.165, 1.54) is 22.4 Å². The van der Waals surface area contributed by atoms with Crippen molar-refractivity contribution < 1.29 is 5.11 Å². The van der Waals surface area contributed by atoms with Crippen LogP contribution in [0.25, 0.3) is 0 Å². The summed E-state index contributed by atoms with van der Waals surface area (Å²) < 4.78 is 0. The van der Waals surface area contributed by atoms with Crippen molar-refractivity contribution in [3.63, 3.8) is 0 Å². The summed E-state index contributed by atoms with van der Waals surface area (Å²) in [5.74, 6) is 0. The van der Waals surface area contributed by atoms with Crippen molar-refractivity contribution in [1.29, 1.82) is 0 Å². The van der Waals surface area contributed by atoms with Crippen LogP contribution in [-0.4, -0.2) is 48.8 Å². The highest BCUT2D eigenvalue weighted by atomic mass is 16.3. The minimum atomic E-state index is -0.292. The number of hydrogen-bond acceptors (Lipinski definition) is 3. The lowest BCUT2D eigenvalue weighted by Crippen LogP contribution is -2.49. The van der Waals surface area contributed by atoms with Crippen LogP contribution in [-0.2, 0) is 6.42 Å². The fraction of sp³-hybridized carbons (Fsp3) is 0.429. The Balaban J connectivity index is 1.51. The predicted molar refractivity (Wildman–Crippen MR) is 101 cm³/mol. The maximum atomic E-state index is 10.4. The summed E-state index contributed by atoms with van der Waals surface area (Å²) in [6.45, 7) is 9.23. The molecule has 128 valence electrons. The van der Waals surface area contributed by atoms with Crippen LogP contribution in [0.5, 0.6) is 0 Å². The van der Waals surface area contributed by atoms with Crippen molar-refractivity contribution in [2.24, 2.45) is 0 Å². The molecule has 1 fully saturated rings. The van der Waals surface area contributed by atoms with Crippen LogP contribution in [0.3, 0.4) is 0 Å². The van der Waals surface area contributed by atoms with E-state index in [2.05, 4.69) is 54.0 Å². The van der Waals surface area contributed by atoms with Crippen molar-refractivity contribution in [2.75, 3.05) is 37.6 Å². The molecule has 1 atom stereocenters. The third kappa shape index (κ3) is 4.16. The molecule has 1 saturated heterocycles. The maximum absolute atomic E-state index is 10.4. The van der Waals surface area contributed by atoms with E-state index in [1.807, 2.05) is 18.2 Å². The predicted octanol–water partition coefficient (Wildman–Crippen LogP) is 3.03. The van der Waals surface area contributed by atoms with Crippen LogP contribution in [0.2, 0.25) is 0 Å². The monoisotopic (exact) mass is 324 g/mol. The zero-order valence-corrected chi connectivity index (χ0v) is 14.8. The summed E-state index contributed by atoms with van der Waals surface area (Å²) in [4.78, 5) is 4.86. The van der Waals surface area contributed by atoms with E-state index in [1.54, 1.807) is 0 Å². The molecule has 3 nitrogen and oxygen atoms in total. The van der Waals surface area contributed by atoms with E-state index >= 15 is 0 Å². The minimum absolute atomic E-state index is 0.292. The van der Waals surface area contributed by atoms with Crippen LogP contribution in [0.15, 0.2) is 48.5 Å². The van der Waals surface area contributed by atoms with Crippen molar-refractivity contribution in [1.82, 2.24) is 4.90 Å². The quantitative estimate of drug-likeness (QED) is 0.916. The van der Waals surface area contributed by atoms with E-state index in [0.29, 0.717) is 0 Å². The molecule has 0 aromatic heterocycles. The Morgan fingerprint density at radius 3 is 2.33 bits per heavy atom. The molecule has 1 N–H and O–H groups in total.